The van der Waals surface area contributed by atoms with Gasteiger partial charge >= 0.3 is 17.9 Å². The molecule has 0 aromatic heterocycles. The summed E-state index contributed by atoms with van der Waals surface area (Å²) in [4.78, 5) is 37.7. The summed E-state index contributed by atoms with van der Waals surface area (Å²) in [6, 6.07) is 0. The molecule has 0 spiro atoms. The third-order valence-electron chi connectivity index (χ3n) is 9.51. The number of carbonyl (C=O) groups excluding carboxylic acids is 3. The second kappa shape index (κ2) is 43.8. The fourth-order valence-electron chi connectivity index (χ4n) is 6.06. The molecule has 0 bridgehead atoms. The molecule has 0 aromatic carbocycles. The Labute approximate surface area is 339 Å². The van der Waals surface area contributed by atoms with E-state index in [2.05, 4.69) is 81.5 Å². The molecule has 6 heteroatoms. The first-order valence-corrected chi connectivity index (χ1v) is 22.8. The summed E-state index contributed by atoms with van der Waals surface area (Å²) < 4.78 is 16.7. The van der Waals surface area contributed by atoms with E-state index in [1.54, 1.807) is 0 Å². The van der Waals surface area contributed by atoms with Gasteiger partial charge in [0.1, 0.15) is 13.2 Å². The summed E-state index contributed by atoms with van der Waals surface area (Å²) in [6.45, 7) is 6.42. The predicted molar refractivity (Wildman–Crippen MR) is 233 cm³/mol. The molecule has 0 heterocycles. The van der Waals surface area contributed by atoms with Crippen LogP contribution in [-0.2, 0) is 28.6 Å². The Morgan fingerprint density at radius 1 is 0.382 bits per heavy atom. The summed E-state index contributed by atoms with van der Waals surface area (Å²) in [6.07, 6.45) is 52.0. The highest BCUT2D eigenvalue weighted by atomic mass is 16.6. The van der Waals surface area contributed by atoms with Crippen molar-refractivity contribution >= 4 is 17.9 Å². The van der Waals surface area contributed by atoms with E-state index in [0.717, 1.165) is 96.3 Å². The van der Waals surface area contributed by atoms with Crippen molar-refractivity contribution in [2.24, 2.45) is 0 Å². The van der Waals surface area contributed by atoms with Crippen molar-refractivity contribution in [1.29, 1.82) is 0 Å². The molecule has 0 rings (SSSR count). The molecule has 0 unspecified atom stereocenters. The van der Waals surface area contributed by atoms with E-state index in [9.17, 15) is 14.4 Å². The van der Waals surface area contributed by atoms with Gasteiger partial charge in [0.15, 0.2) is 6.10 Å². The second-order valence-corrected chi connectivity index (χ2v) is 14.9. The van der Waals surface area contributed by atoms with Crippen LogP contribution < -0.4 is 0 Å². The van der Waals surface area contributed by atoms with Gasteiger partial charge < -0.3 is 14.2 Å². The van der Waals surface area contributed by atoms with Gasteiger partial charge in [-0.3, -0.25) is 14.4 Å². The van der Waals surface area contributed by atoms with E-state index in [1.807, 2.05) is 0 Å². The molecule has 0 amide bonds. The number of carbonyl (C=O) groups is 3. The third kappa shape index (κ3) is 42.1. The minimum absolute atomic E-state index is 0.0898. The summed E-state index contributed by atoms with van der Waals surface area (Å²) in [5, 5.41) is 0. The molecule has 0 radical (unpaired) electrons. The first-order chi connectivity index (χ1) is 27.0. The molecule has 6 nitrogen and oxygen atoms in total. The van der Waals surface area contributed by atoms with E-state index in [4.69, 9.17) is 14.2 Å². The number of hydrogen-bond acceptors (Lipinski definition) is 6. The summed E-state index contributed by atoms with van der Waals surface area (Å²) in [5.74, 6) is -0.947. The normalized spacial score (nSPS) is 12.6. The van der Waals surface area contributed by atoms with Gasteiger partial charge in [-0.05, 0) is 77.0 Å². The average molecular weight is 769 g/mol. The molecule has 0 aliphatic heterocycles. The maximum absolute atomic E-state index is 12.7. The van der Waals surface area contributed by atoms with Gasteiger partial charge in [0.2, 0.25) is 0 Å². The average Bonchev–Trinajstić information content (AvgIpc) is 3.18. The van der Waals surface area contributed by atoms with Crippen LogP contribution in [0.3, 0.4) is 0 Å². The van der Waals surface area contributed by atoms with Crippen LogP contribution in [0.4, 0.5) is 0 Å². The lowest BCUT2D eigenvalue weighted by Crippen LogP contribution is -2.30. The lowest BCUT2D eigenvalue weighted by molar-refractivity contribution is -0.167. The molecule has 0 aliphatic carbocycles. The van der Waals surface area contributed by atoms with Crippen LogP contribution in [-0.4, -0.2) is 37.2 Å². The topological polar surface area (TPSA) is 78.9 Å². The molecule has 0 saturated heterocycles. The fourth-order valence-corrected chi connectivity index (χ4v) is 6.06. The molecule has 55 heavy (non-hydrogen) atoms. The molecule has 0 aromatic rings. The van der Waals surface area contributed by atoms with Gasteiger partial charge in [0.25, 0.3) is 0 Å². The number of hydrogen-bond donors (Lipinski definition) is 0. The Kier molecular flexibility index (Phi) is 41.5. The zero-order chi connectivity index (χ0) is 40.1. The van der Waals surface area contributed by atoms with E-state index < -0.39 is 6.10 Å². The Balaban J connectivity index is 4.45. The first-order valence-electron chi connectivity index (χ1n) is 22.8. The van der Waals surface area contributed by atoms with Gasteiger partial charge in [0, 0.05) is 19.3 Å². The number of esters is 3. The van der Waals surface area contributed by atoms with Crippen LogP contribution >= 0.6 is 0 Å². The van der Waals surface area contributed by atoms with Crippen LogP contribution in [0.15, 0.2) is 60.8 Å². The van der Waals surface area contributed by atoms with Crippen molar-refractivity contribution in [2.45, 2.75) is 219 Å². The maximum atomic E-state index is 12.7. The van der Waals surface area contributed by atoms with Crippen molar-refractivity contribution < 1.29 is 28.6 Å². The van der Waals surface area contributed by atoms with Crippen LogP contribution in [0.25, 0.3) is 0 Å². The second-order valence-electron chi connectivity index (χ2n) is 14.9. The smallest absolute Gasteiger partial charge is 0.306 e. The zero-order valence-electron chi connectivity index (χ0n) is 35.9. The zero-order valence-corrected chi connectivity index (χ0v) is 35.9. The molecule has 1 atom stereocenters. The maximum Gasteiger partial charge on any atom is 0.306 e. The van der Waals surface area contributed by atoms with Gasteiger partial charge in [-0.25, -0.2) is 0 Å². The van der Waals surface area contributed by atoms with Crippen LogP contribution in [0, 0.1) is 0 Å². The van der Waals surface area contributed by atoms with E-state index >= 15 is 0 Å². The van der Waals surface area contributed by atoms with Crippen LogP contribution in [0.5, 0.6) is 0 Å². The fraction of sp³-hybridized carbons (Fsp3) is 0.735. The highest BCUT2D eigenvalue weighted by Gasteiger charge is 2.19. The van der Waals surface area contributed by atoms with Gasteiger partial charge in [0.05, 0.1) is 0 Å². The monoisotopic (exact) mass is 769 g/mol. The lowest BCUT2D eigenvalue weighted by atomic mass is 10.1. The van der Waals surface area contributed by atoms with Gasteiger partial charge in [-0.2, -0.15) is 0 Å². The van der Waals surface area contributed by atoms with Crippen LogP contribution in [0.1, 0.15) is 213 Å². The van der Waals surface area contributed by atoms with E-state index in [1.165, 1.54) is 77.0 Å². The van der Waals surface area contributed by atoms with Crippen LogP contribution in [0.2, 0.25) is 0 Å². The highest BCUT2D eigenvalue weighted by Crippen LogP contribution is 2.14. The molecule has 0 aliphatic rings. The first kappa shape index (κ1) is 52.1. The molecular formula is C49H84O6. The molecule has 0 saturated carbocycles. The number of allylic oxidation sites excluding steroid dienone is 10. The molecule has 0 N–H and O–H groups in total. The van der Waals surface area contributed by atoms with Crippen molar-refractivity contribution in [3.05, 3.63) is 60.8 Å². The molecule has 316 valence electrons. The summed E-state index contributed by atoms with van der Waals surface area (Å²) >= 11 is 0. The number of unbranched alkanes of at least 4 members (excludes halogenated alkanes) is 19. The standard InChI is InChI=1S/C49H84O6/c1-4-7-10-13-16-19-22-23-24-25-28-30-33-36-39-42-48(51)54-45-46(55-49(52)43-40-37-34-31-27-21-18-15-12-9-6-3)44-53-47(50)41-38-35-32-29-26-20-17-14-11-8-5-2/h7,10,15-16,18-19,23-24,28,30,46H,4-6,8-9,11-14,17,20-22,25-27,29,31-45H2,1-3H3/b10-7-,18-15-,19-16-,24-23-,30-28-/t46-/m0/s1. The van der Waals surface area contributed by atoms with E-state index in [0.29, 0.717) is 19.3 Å². The Hall–Kier alpha value is -2.89. The molecular weight excluding hydrogens is 685 g/mol. The van der Waals surface area contributed by atoms with Crippen molar-refractivity contribution in [3.63, 3.8) is 0 Å². The van der Waals surface area contributed by atoms with Crippen molar-refractivity contribution in [3.8, 4) is 0 Å². The molecule has 0 fully saturated rings. The number of rotatable bonds is 40. The minimum atomic E-state index is -0.790. The van der Waals surface area contributed by atoms with Gasteiger partial charge in [-0.1, -0.05) is 178 Å². The largest absolute Gasteiger partial charge is 0.462 e. The quantitative estimate of drug-likeness (QED) is 0.0267. The Morgan fingerprint density at radius 3 is 1.22 bits per heavy atom. The number of ether oxygens (including phenoxy) is 3. The van der Waals surface area contributed by atoms with Crippen molar-refractivity contribution in [1.82, 2.24) is 0 Å². The lowest BCUT2D eigenvalue weighted by Gasteiger charge is -2.18. The van der Waals surface area contributed by atoms with E-state index in [-0.39, 0.29) is 31.1 Å². The summed E-state index contributed by atoms with van der Waals surface area (Å²) in [7, 11) is 0. The SMILES string of the molecule is CC/C=C\C/C=C\C/C=C\C/C=C\CCCCC(=O)OC[C@H](COC(=O)CCCCCCCCCCCCC)OC(=O)CCCCCCC/C=C\CCCC. The highest BCUT2D eigenvalue weighted by molar-refractivity contribution is 5.71. The summed E-state index contributed by atoms with van der Waals surface area (Å²) in [5.41, 5.74) is 0. The minimum Gasteiger partial charge on any atom is -0.462 e. The Morgan fingerprint density at radius 2 is 0.727 bits per heavy atom. The third-order valence-corrected chi connectivity index (χ3v) is 9.51. The predicted octanol–water partition coefficient (Wildman–Crippen LogP) is 14.5. The van der Waals surface area contributed by atoms with Crippen molar-refractivity contribution in [2.75, 3.05) is 13.2 Å². The van der Waals surface area contributed by atoms with Gasteiger partial charge in [-0.15, -0.1) is 0 Å². The Bertz CT molecular complexity index is 1020.